The van der Waals surface area contributed by atoms with Crippen LogP contribution in [0.15, 0.2) is 54.6 Å². The SMILES string of the molecule is CC(O)C(NC(=O)C(Cc1ccccc1)NC(=O)C(Cc1ccc(O)cc1)NC(=O)C(N)CC(N)=O)C(=O)O. The summed E-state index contributed by atoms with van der Waals surface area (Å²) in [5, 5.41) is 35.9. The Morgan fingerprint density at radius 3 is 1.77 bits per heavy atom. The first-order valence-electron chi connectivity index (χ1n) is 12.0. The number of carbonyl (C=O) groups excluding carboxylic acids is 4. The third kappa shape index (κ3) is 10.1. The van der Waals surface area contributed by atoms with Crippen LogP contribution in [0.5, 0.6) is 5.75 Å². The third-order valence-corrected chi connectivity index (χ3v) is 5.73. The highest BCUT2D eigenvalue weighted by Crippen LogP contribution is 2.12. The maximum atomic E-state index is 13.4. The van der Waals surface area contributed by atoms with Gasteiger partial charge < -0.3 is 42.7 Å². The Balaban J connectivity index is 2.33. The molecule has 4 amide bonds. The molecule has 0 saturated carbocycles. The number of benzene rings is 2. The van der Waals surface area contributed by atoms with Crippen LogP contribution in [0, 0.1) is 0 Å². The number of phenols is 1. The van der Waals surface area contributed by atoms with E-state index in [0.717, 1.165) is 0 Å². The van der Waals surface area contributed by atoms with Crippen molar-refractivity contribution in [2.24, 2.45) is 11.5 Å². The van der Waals surface area contributed by atoms with Crippen molar-refractivity contribution in [1.82, 2.24) is 16.0 Å². The Kier molecular flexibility index (Phi) is 11.4. The molecule has 0 heterocycles. The van der Waals surface area contributed by atoms with Gasteiger partial charge in [-0.05, 0) is 30.2 Å². The summed E-state index contributed by atoms with van der Waals surface area (Å²) in [6.45, 7) is 1.20. The number of nitrogens with one attached hydrogen (secondary N) is 3. The minimum absolute atomic E-state index is 0.0158. The second-order valence-corrected chi connectivity index (χ2v) is 9.02. The highest BCUT2D eigenvalue weighted by molar-refractivity contribution is 5.95. The summed E-state index contributed by atoms with van der Waals surface area (Å²) >= 11 is 0. The Morgan fingerprint density at radius 2 is 1.28 bits per heavy atom. The van der Waals surface area contributed by atoms with Crippen molar-refractivity contribution in [3.05, 3.63) is 65.7 Å². The van der Waals surface area contributed by atoms with Crippen molar-refractivity contribution in [1.29, 1.82) is 0 Å². The first-order chi connectivity index (χ1) is 18.4. The molecule has 0 fully saturated rings. The van der Waals surface area contributed by atoms with Crippen LogP contribution < -0.4 is 27.4 Å². The van der Waals surface area contributed by atoms with Crippen LogP contribution in [-0.4, -0.2) is 75.2 Å². The number of carbonyl (C=O) groups is 5. The van der Waals surface area contributed by atoms with Crippen molar-refractivity contribution in [3.8, 4) is 5.75 Å². The Labute approximate surface area is 224 Å². The first kappa shape index (κ1) is 30.7. The largest absolute Gasteiger partial charge is 0.508 e. The molecule has 0 aliphatic heterocycles. The van der Waals surface area contributed by atoms with Crippen LogP contribution in [0.4, 0.5) is 0 Å². The van der Waals surface area contributed by atoms with Crippen molar-refractivity contribution in [2.45, 2.75) is 56.5 Å². The lowest BCUT2D eigenvalue weighted by molar-refractivity contribution is -0.145. The monoisotopic (exact) mass is 543 g/mol. The molecule has 0 aromatic heterocycles. The van der Waals surface area contributed by atoms with Gasteiger partial charge in [0.25, 0.3) is 0 Å². The number of carboxylic acid groups (broad SMARTS) is 1. The minimum Gasteiger partial charge on any atom is -0.508 e. The molecule has 5 unspecified atom stereocenters. The van der Waals surface area contributed by atoms with Gasteiger partial charge in [0.15, 0.2) is 6.04 Å². The number of aromatic hydroxyl groups is 1. The quantitative estimate of drug-likeness (QED) is 0.135. The zero-order valence-electron chi connectivity index (χ0n) is 21.2. The van der Waals surface area contributed by atoms with Gasteiger partial charge in [0.2, 0.25) is 23.6 Å². The predicted molar refractivity (Wildman–Crippen MR) is 139 cm³/mol. The van der Waals surface area contributed by atoms with Gasteiger partial charge in [0.05, 0.1) is 18.6 Å². The molecule has 0 aliphatic rings. The molecule has 5 atom stereocenters. The molecule has 39 heavy (non-hydrogen) atoms. The van der Waals surface area contributed by atoms with Gasteiger partial charge in [0.1, 0.15) is 17.8 Å². The fraction of sp³-hybridized carbons (Fsp3) is 0.346. The normalized spacial score (nSPS) is 14.6. The highest BCUT2D eigenvalue weighted by Gasteiger charge is 2.32. The van der Waals surface area contributed by atoms with Crippen molar-refractivity contribution in [3.63, 3.8) is 0 Å². The van der Waals surface area contributed by atoms with E-state index in [2.05, 4.69) is 16.0 Å². The van der Waals surface area contributed by atoms with E-state index in [1.54, 1.807) is 30.3 Å². The molecular weight excluding hydrogens is 510 g/mol. The molecular formula is C26H33N5O8. The lowest BCUT2D eigenvalue weighted by Crippen LogP contribution is -2.59. The number of aliphatic hydroxyl groups is 1. The maximum Gasteiger partial charge on any atom is 0.328 e. The number of nitrogens with two attached hydrogens (primary N) is 2. The third-order valence-electron chi connectivity index (χ3n) is 5.73. The number of aliphatic carboxylic acids is 1. The number of amides is 4. The fourth-order valence-corrected chi connectivity index (χ4v) is 3.64. The lowest BCUT2D eigenvalue weighted by atomic mass is 10.0. The molecule has 210 valence electrons. The molecule has 13 heteroatoms. The zero-order valence-corrected chi connectivity index (χ0v) is 21.2. The molecule has 0 aliphatic carbocycles. The van der Waals surface area contributed by atoms with Crippen molar-refractivity contribution >= 4 is 29.6 Å². The summed E-state index contributed by atoms with van der Waals surface area (Å²) in [4.78, 5) is 61.8. The van der Waals surface area contributed by atoms with E-state index in [0.29, 0.717) is 11.1 Å². The smallest absolute Gasteiger partial charge is 0.328 e. The van der Waals surface area contributed by atoms with Gasteiger partial charge in [-0.1, -0.05) is 42.5 Å². The molecule has 2 rings (SSSR count). The van der Waals surface area contributed by atoms with Gasteiger partial charge >= 0.3 is 5.97 Å². The van der Waals surface area contributed by atoms with E-state index >= 15 is 0 Å². The molecule has 0 spiro atoms. The van der Waals surface area contributed by atoms with Crippen LogP contribution in [0.1, 0.15) is 24.5 Å². The summed E-state index contributed by atoms with van der Waals surface area (Å²) in [5.41, 5.74) is 12.0. The molecule has 2 aromatic carbocycles. The van der Waals surface area contributed by atoms with Gasteiger partial charge in [-0.25, -0.2) is 4.79 Å². The second kappa shape index (κ2) is 14.4. The molecule has 2 aromatic rings. The summed E-state index contributed by atoms with van der Waals surface area (Å²) in [6.07, 6.45) is -2.00. The van der Waals surface area contributed by atoms with Crippen LogP contribution in [0.3, 0.4) is 0 Å². The average molecular weight is 544 g/mol. The number of hydrogen-bond acceptors (Lipinski definition) is 8. The molecule has 0 saturated heterocycles. The number of hydrogen-bond donors (Lipinski definition) is 8. The topological polar surface area (TPSA) is 234 Å². The first-order valence-corrected chi connectivity index (χ1v) is 12.0. The van der Waals surface area contributed by atoms with Gasteiger partial charge in [-0.3, -0.25) is 19.2 Å². The van der Waals surface area contributed by atoms with Crippen LogP contribution in [-0.2, 0) is 36.8 Å². The standard InChI is InChI=1S/C26H33N5O8/c1-14(32)22(26(38)39)31-25(37)20(11-15-5-3-2-4-6-15)30-24(36)19(12-16-7-9-17(33)10-8-16)29-23(35)18(27)13-21(28)34/h2-10,14,18-20,22,32-33H,11-13,27H2,1H3,(H2,28,34)(H,29,35)(H,30,36)(H,31,37)(H,38,39). The van der Waals surface area contributed by atoms with Crippen molar-refractivity contribution < 1.29 is 39.3 Å². The fourth-order valence-electron chi connectivity index (χ4n) is 3.64. The Morgan fingerprint density at radius 1 is 0.795 bits per heavy atom. The van der Waals surface area contributed by atoms with Crippen LogP contribution in [0.2, 0.25) is 0 Å². The Hall–Kier alpha value is -4.49. The van der Waals surface area contributed by atoms with E-state index in [4.69, 9.17) is 11.5 Å². The van der Waals surface area contributed by atoms with Gasteiger partial charge in [-0.2, -0.15) is 0 Å². The molecule has 0 bridgehead atoms. The summed E-state index contributed by atoms with van der Waals surface area (Å²) in [6, 6.07) is 8.89. The highest BCUT2D eigenvalue weighted by atomic mass is 16.4. The van der Waals surface area contributed by atoms with Crippen LogP contribution in [0.25, 0.3) is 0 Å². The molecule has 0 radical (unpaired) electrons. The van der Waals surface area contributed by atoms with Gasteiger partial charge in [0, 0.05) is 12.8 Å². The van der Waals surface area contributed by atoms with E-state index in [-0.39, 0.29) is 18.6 Å². The van der Waals surface area contributed by atoms with E-state index < -0.39 is 66.3 Å². The minimum atomic E-state index is -1.63. The van der Waals surface area contributed by atoms with E-state index in [1.165, 1.54) is 31.2 Å². The van der Waals surface area contributed by atoms with Crippen molar-refractivity contribution in [2.75, 3.05) is 0 Å². The average Bonchev–Trinajstić information content (AvgIpc) is 2.87. The van der Waals surface area contributed by atoms with Crippen LogP contribution >= 0.6 is 0 Å². The number of primary amides is 1. The van der Waals surface area contributed by atoms with Gasteiger partial charge in [-0.15, -0.1) is 0 Å². The summed E-state index contributed by atoms with van der Waals surface area (Å²) in [5.74, 6) is -4.81. The second-order valence-electron chi connectivity index (χ2n) is 9.02. The lowest BCUT2D eigenvalue weighted by Gasteiger charge is -2.26. The molecule has 10 N–H and O–H groups in total. The number of rotatable bonds is 14. The van der Waals surface area contributed by atoms with E-state index in [9.17, 15) is 39.3 Å². The predicted octanol–water partition coefficient (Wildman–Crippen LogP) is -1.70. The maximum absolute atomic E-state index is 13.4. The van der Waals surface area contributed by atoms with E-state index in [1.807, 2.05) is 0 Å². The number of aliphatic hydroxyl groups excluding tert-OH is 1. The molecule has 13 nitrogen and oxygen atoms in total. The number of phenolic OH excluding ortho intramolecular Hbond substituents is 1. The Bertz CT molecular complexity index is 1160. The summed E-state index contributed by atoms with van der Waals surface area (Å²) in [7, 11) is 0. The summed E-state index contributed by atoms with van der Waals surface area (Å²) < 4.78 is 0. The zero-order chi connectivity index (χ0) is 29.1. The number of carboxylic acids is 1.